The van der Waals surface area contributed by atoms with Crippen LogP contribution >= 0.6 is 0 Å². The monoisotopic (exact) mass is 308 g/mol. The summed E-state index contributed by atoms with van der Waals surface area (Å²) in [4.78, 5) is 0. The molecule has 23 heavy (non-hydrogen) atoms. The predicted molar refractivity (Wildman–Crippen MR) is 94.2 cm³/mol. The number of nitrogens with zero attached hydrogens (tertiary/aromatic N) is 3. The summed E-state index contributed by atoms with van der Waals surface area (Å²) in [6.07, 6.45) is 4.15. The van der Waals surface area contributed by atoms with Crippen molar-refractivity contribution in [3.05, 3.63) is 59.4 Å². The second-order valence-corrected chi connectivity index (χ2v) is 5.85. The van der Waals surface area contributed by atoms with Crippen LogP contribution in [0, 0.1) is 0 Å². The van der Waals surface area contributed by atoms with Gasteiger partial charge in [0.2, 0.25) is 0 Å². The molecule has 0 unspecified atom stereocenters. The highest BCUT2D eigenvalue weighted by atomic mass is 15.4. The highest BCUT2D eigenvalue weighted by Crippen LogP contribution is 2.23. The van der Waals surface area contributed by atoms with Gasteiger partial charge in [-0.1, -0.05) is 55.5 Å². The van der Waals surface area contributed by atoms with Crippen LogP contribution in [-0.4, -0.2) is 15.0 Å². The average molecular weight is 308 g/mol. The zero-order valence-electron chi connectivity index (χ0n) is 13.9. The number of rotatable bonds is 7. The molecule has 120 valence electrons. The molecular weight excluding hydrogens is 284 g/mol. The van der Waals surface area contributed by atoms with E-state index in [2.05, 4.69) is 65.9 Å². The Morgan fingerprint density at radius 2 is 1.91 bits per heavy atom. The van der Waals surface area contributed by atoms with Crippen molar-refractivity contribution < 1.29 is 0 Å². The van der Waals surface area contributed by atoms with E-state index in [1.54, 1.807) is 0 Å². The Morgan fingerprint density at radius 3 is 2.74 bits per heavy atom. The van der Waals surface area contributed by atoms with E-state index in [1.165, 1.54) is 21.9 Å². The van der Waals surface area contributed by atoms with Gasteiger partial charge in [0.05, 0.1) is 5.69 Å². The molecule has 0 aliphatic heterocycles. The van der Waals surface area contributed by atoms with Crippen molar-refractivity contribution in [2.75, 3.05) is 0 Å². The summed E-state index contributed by atoms with van der Waals surface area (Å²) in [5.74, 6) is 0. The van der Waals surface area contributed by atoms with E-state index in [0.29, 0.717) is 0 Å². The lowest BCUT2D eigenvalue weighted by Crippen LogP contribution is -2.14. The molecule has 0 bridgehead atoms. The molecule has 2 aromatic carbocycles. The fraction of sp³-hybridized carbons (Fsp3) is 0.368. The molecule has 1 heterocycles. The molecule has 1 aromatic heterocycles. The molecule has 3 aromatic rings. The van der Waals surface area contributed by atoms with Crippen molar-refractivity contribution in [2.24, 2.45) is 0 Å². The summed E-state index contributed by atoms with van der Waals surface area (Å²) in [5, 5.41) is 14.5. The van der Waals surface area contributed by atoms with E-state index < -0.39 is 0 Å². The molecule has 0 saturated heterocycles. The lowest BCUT2D eigenvalue weighted by atomic mass is 9.97. The third-order valence-electron chi connectivity index (χ3n) is 4.17. The molecule has 4 heteroatoms. The number of aryl methyl sites for hydroxylation is 2. The van der Waals surface area contributed by atoms with E-state index in [1.807, 2.05) is 10.9 Å². The minimum Gasteiger partial charge on any atom is -0.307 e. The quantitative estimate of drug-likeness (QED) is 0.724. The van der Waals surface area contributed by atoms with Gasteiger partial charge in [0.15, 0.2) is 0 Å². The molecule has 1 N–H and O–H groups in total. The van der Waals surface area contributed by atoms with E-state index >= 15 is 0 Å². The fourth-order valence-corrected chi connectivity index (χ4v) is 2.99. The number of hydrogen-bond acceptors (Lipinski definition) is 3. The molecule has 0 spiro atoms. The number of fused-ring (bicyclic) bond motifs is 1. The Balaban J connectivity index is 1.73. The van der Waals surface area contributed by atoms with Gasteiger partial charge in [0.1, 0.15) is 0 Å². The Hall–Kier alpha value is -2.20. The first kappa shape index (κ1) is 15.7. The number of aromatic nitrogens is 3. The highest BCUT2D eigenvalue weighted by Gasteiger charge is 2.07. The summed E-state index contributed by atoms with van der Waals surface area (Å²) < 4.78 is 1.91. The summed E-state index contributed by atoms with van der Waals surface area (Å²) in [5.41, 5.74) is 3.80. The van der Waals surface area contributed by atoms with Gasteiger partial charge in [0.25, 0.3) is 0 Å². The Labute approximate surface area is 137 Å². The van der Waals surface area contributed by atoms with E-state index in [9.17, 15) is 0 Å². The Bertz CT molecular complexity index is 776. The summed E-state index contributed by atoms with van der Waals surface area (Å²) in [6, 6.07) is 13.1. The molecule has 0 radical (unpaired) electrons. The fourth-order valence-electron chi connectivity index (χ4n) is 2.99. The molecule has 0 atom stereocenters. The SMILES string of the molecule is CCCn1cc(CNCc2c(CC)ccc3ccccc23)nn1. The predicted octanol–water partition coefficient (Wildman–Crippen LogP) is 3.69. The number of benzene rings is 2. The van der Waals surface area contributed by atoms with Crippen LogP contribution in [0.3, 0.4) is 0 Å². The van der Waals surface area contributed by atoms with E-state index in [-0.39, 0.29) is 0 Å². The first-order valence-electron chi connectivity index (χ1n) is 8.41. The minimum atomic E-state index is 0.746. The van der Waals surface area contributed by atoms with E-state index in [0.717, 1.165) is 38.2 Å². The van der Waals surface area contributed by atoms with Crippen molar-refractivity contribution in [3.63, 3.8) is 0 Å². The third kappa shape index (κ3) is 3.59. The van der Waals surface area contributed by atoms with Gasteiger partial charge in [-0.3, -0.25) is 4.68 Å². The second-order valence-electron chi connectivity index (χ2n) is 5.85. The zero-order chi connectivity index (χ0) is 16.1. The molecule has 0 amide bonds. The van der Waals surface area contributed by atoms with Crippen LogP contribution < -0.4 is 5.32 Å². The molecule has 0 aliphatic carbocycles. The van der Waals surface area contributed by atoms with Gasteiger partial charge in [0, 0.05) is 25.8 Å². The molecule has 0 saturated carbocycles. The van der Waals surface area contributed by atoms with Crippen LogP contribution in [0.4, 0.5) is 0 Å². The highest BCUT2D eigenvalue weighted by molar-refractivity contribution is 5.86. The van der Waals surface area contributed by atoms with Crippen LogP contribution in [0.2, 0.25) is 0 Å². The Kier molecular flexibility index (Phi) is 5.03. The third-order valence-corrected chi connectivity index (χ3v) is 4.17. The van der Waals surface area contributed by atoms with Crippen LogP contribution in [0.15, 0.2) is 42.6 Å². The summed E-state index contributed by atoms with van der Waals surface area (Å²) in [6.45, 7) is 6.88. The molecule has 0 fully saturated rings. The van der Waals surface area contributed by atoms with E-state index in [4.69, 9.17) is 0 Å². The first-order valence-corrected chi connectivity index (χ1v) is 8.41. The van der Waals surface area contributed by atoms with Crippen molar-refractivity contribution in [1.82, 2.24) is 20.3 Å². The van der Waals surface area contributed by atoms with Gasteiger partial charge < -0.3 is 5.32 Å². The average Bonchev–Trinajstić information content (AvgIpc) is 3.03. The van der Waals surface area contributed by atoms with Gasteiger partial charge in [-0.15, -0.1) is 5.10 Å². The Morgan fingerprint density at radius 1 is 1.04 bits per heavy atom. The van der Waals surface area contributed by atoms with Gasteiger partial charge in [-0.2, -0.15) is 0 Å². The first-order chi connectivity index (χ1) is 11.3. The molecule has 0 aliphatic rings. The summed E-state index contributed by atoms with van der Waals surface area (Å²) in [7, 11) is 0. The van der Waals surface area contributed by atoms with Gasteiger partial charge >= 0.3 is 0 Å². The molecular formula is C19H24N4. The standard InChI is InChI=1S/C19H24N4/c1-3-11-23-14-17(21-22-23)12-20-13-19-15(4-2)9-10-16-7-5-6-8-18(16)19/h5-10,14,20H,3-4,11-13H2,1-2H3. The van der Waals surface area contributed by atoms with Crippen molar-refractivity contribution >= 4 is 10.8 Å². The van der Waals surface area contributed by atoms with Gasteiger partial charge in [-0.05, 0) is 34.7 Å². The van der Waals surface area contributed by atoms with Gasteiger partial charge in [-0.25, -0.2) is 0 Å². The lowest BCUT2D eigenvalue weighted by molar-refractivity contribution is 0.578. The van der Waals surface area contributed by atoms with Crippen LogP contribution in [0.5, 0.6) is 0 Å². The van der Waals surface area contributed by atoms with Crippen LogP contribution in [-0.2, 0) is 26.1 Å². The maximum Gasteiger partial charge on any atom is 0.0964 e. The second kappa shape index (κ2) is 7.38. The topological polar surface area (TPSA) is 42.7 Å². The molecule has 4 nitrogen and oxygen atoms in total. The maximum absolute atomic E-state index is 4.22. The lowest BCUT2D eigenvalue weighted by Gasteiger charge is -2.12. The number of nitrogens with one attached hydrogen (secondary N) is 1. The van der Waals surface area contributed by atoms with Crippen molar-refractivity contribution in [3.8, 4) is 0 Å². The van der Waals surface area contributed by atoms with Crippen molar-refractivity contribution in [1.29, 1.82) is 0 Å². The zero-order valence-corrected chi connectivity index (χ0v) is 13.9. The smallest absolute Gasteiger partial charge is 0.0964 e. The minimum absolute atomic E-state index is 0.746. The van der Waals surface area contributed by atoms with Crippen LogP contribution in [0.25, 0.3) is 10.8 Å². The largest absolute Gasteiger partial charge is 0.307 e. The number of hydrogen-bond donors (Lipinski definition) is 1. The summed E-state index contributed by atoms with van der Waals surface area (Å²) >= 11 is 0. The van der Waals surface area contributed by atoms with Crippen LogP contribution in [0.1, 0.15) is 37.1 Å². The van der Waals surface area contributed by atoms with Crippen molar-refractivity contribution in [2.45, 2.75) is 46.3 Å². The molecule has 3 rings (SSSR count). The maximum atomic E-state index is 4.22. The normalized spacial score (nSPS) is 11.2.